The van der Waals surface area contributed by atoms with Gasteiger partial charge in [0, 0.05) is 49.9 Å². The van der Waals surface area contributed by atoms with Crippen LogP contribution >= 0.6 is 0 Å². The number of aliphatic carboxylic acids is 1. The minimum absolute atomic E-state index is 0.0102. The maximum Gasteiger partial charge on any atom is 0.471 e. The van der Waals surface area contributed by atoms with Gasteiger partial charge in [0.1, 0.15) is 11.6 Å². The van der Waals surface area contributed by atoms with Gasteiger partial charge in [0.05, 0.1) is 5.94 Å². The summed E-state index contributed by atoms with van der Waals surface area (Å²) in [5, 5.41) is 31.1. The molecule has 2 unspecified atom stereocenters. The number of carbonyl (C=O) groups is 2. The molecule has 2 rings (SSSR count). The Kier molecular flexibility index (Phi) is 9.38. The number of rotatable bonds is 10. The van der Waals surface area contributed by atoms with E-state index in [9.17, 15) is 28.4 Å². The number of urea groups is 1. The number of carboxylic acids is 1. The lowest BCUT2D eigenvalue weighted by Gasteiger charge is -2.45. The summed E-state index contributed by atoms with van der Waals surface area (Å²) < 4.78 is 26.6. The zero-order valence-corrected chi connectivity index (χ0v) is 18.1. The lowest BCUT2D eigenvalue weighted by atomic mass is 9.65. The molecule has 1 heterocycles. The first-order valence-electron chi connectivity index (χ1n) is 10.6. The van der Waals surface area contributed by atoms with Crippen molar-refractivity contribution in [3.63, 3.8) is 0 Å². The number of carboxylic acid groups (broad SMARTS) is 1. The lowest BCUT2D eigenvalue weighted by molar-refractivity contribution is -0.137. The maximum atomic E-state index is 13.3. The molecule has 12 heteroatoms. The fourth-order valence-corrected chi connectivity index (χ4v) is 4.08. The number of nitrogens with zero attached hydrogens (tertiary/aromatic N) is 2. The van der Waals surface area contributed by atoms with Crippen molar-refractivity contribution in [2.24, 2.45) is 5.73 Å². The Labute approximate surface area is 186 Å². The number of amides is 2. The fraction of sp³-hybridized carbons (Fsp3) is 0.600. The van der Waals surface area contributed by atoms with Crippen LogP contribution in [0.1, 0.15) is 39.0 Å². The van der Waals surface area contributed by atoms with Crippen molar-refractivity contribution >= 4 is 24.8 Å². The molecule has 0 radical (unpaired) electrons. The summed E-state index contributed by atoms with van der Waals surface area (Å²) in [6.07, 6.45) is 2.40. The van der Waals surface area contributed by atoms with Gasteiger partial charge in [0.25, 0.3) is 0 Å². The van der Waals surface area contributed by atoms with E-state index in [1.54, 1.807) is 6.92 Å². The van der Waals surface area contributed by atoms with Crippen LogP contribution in [0.15, 0.2) is 18.2 Å². The minimum atomic E-state index is -1.69. The minimum Gasteiger partial charge on any atom is -0.481 e. The topological polar surface area (TPSA) is 139 Å². The predicted molar refractivity (Wildman–Crippen MR) is 116 cm³/mol. The SMILES string of the molecule is CC(N)(CCCCCC(=O)O)C(B(O)O)N1CCN(C(=O)Nc2cc(F)cc(F)c2)CC1. The Morgan fingerprint density at radius 1 is 1.12 bits per heavy atom. The van der Waals surface area contributed by atoms with Gasteiger partial charge in [-0.3, -0.25) is 9.69 Å². The lowest BCUT2D eigenvalue weighted by Crippen LogP contribution is -2.67. The summed E-state index contributed by atoms with van der Waals surface area (Å²) >= 11 is 0. The van der Waals surface area contributed by atoms with E-state index in [4.69, 9.17) is 10.8 Å². The Bertz CT molecular complexity index is 771. The van der Waals surface area contributed by atoms with Gasteiger partial charge in [0.2, 0.25) is 0 Å². The third-order valence-corrected chi connectivity index (χ3v) is 5.67. The molecule has 0 saturated carbocycles. The number of hydrogen-bond donors (Lipinski definition) is 5. The fourth-order valence-electron chi connectivity index (χ4n) is 4.08. The first-order valence-corrected chi connectivity index (χ1v) is 10.6. The van der Waals surface area contributed by atoms with Gasteiger partial charge in [-0.15, -0.1) is 0 Å². The highest BCUT2D eigenvalue weighted by Crippen LogP contribution is 2.24. The number of benzene rings is 1. The number of nitrogens with one attached hydrogen (secondary N) is 1. The molecule has 32 heavy (non-hydrogen) atoms. The second-order valence-electron chi connectivity index (χ2n) is 8.43. The number of hydrogen-bond acceptors (Lipinski definition) is 6. The van der Waals surface area contributed by atoms with Crippen molar-refractivity contribution in [1.29, 1.82) is 0 Å². The molecule has 2 amide bonds. The van der Waals surface area contributed by atoms with E-state index in [0.29, 0.717) is 44.8 Å². The van der Waals surface area contributed by atoms with E-state index < -0.39 is 42.2 Å². The van der Waals surface area contributed by atoms with E-state index in [2.05, 4.69) is 5.32 Å². The molecule has 0 aliphatic carbocycles. The van der Waals surface area contributed by atoms with Crippen LogP contribution in [0.2, 0.25) is 0 Å². The highest BCUT2D eigenvalue weighted by molar-refractivity contribution is 6.43. The molecular formula is C20H31BF2N4O5. The zero-order valence-electron chi connectivity index (χ0n) is 18.1. The summed E-state index contributed by atoms with van der Waals surface area (Å²) in [6.45, 7) is 2.92. The first kappa shape index (κ1) is 26.0. The van der Waals surface area contributed by atoms with Crippen LogP contribution < -0.4 is 11.1 Å². The molecule has 1 aliphatic heterocycles. The standard InChI is InChI=1S/C20H31BF2N4O5/c1-20(24,6-4-2-3-5-17(28)29)18(21(31)32)26-7-9-27(10-8-26)19(30)25-16-12-14(22)11-15(23)13-16/h11-13,18,31-32H,2-10,24H2,1H3,(H,25,30)(H,28,29). The van der Waals surface area contributed by atoms with Gasteiger partial charge in [-0.2, -0.15) is 0 Å². The molecule has 1 aliphatic rings. The Hall–Kier alpha value is -2.28. The summed E-state index contributed by atoms with van der Waals surface area (Å²) in [5.74, 6) is -3.22. The second-order valence-corrected chi connectivity index (χ2v) is 8.43. The molecule has 0 bridgehead atoms. The number of unbranched alkanes of at least 4 members (excludes halogenated alkanes) is 2. The monoisotopic (exact) mass is 456 g/mol. The van der Waals surface area contributed by atoms with E-state index in [0.717, 1.165) is 12.1 Å². The summed E-state index contributed by atoms with van der Waals surface area (Å²) in [4.78, 5) is 26.3. The maximum absolute atomic E-state index is 13.3. The summed E-state index contributed by atoms with van der Waals surface area (Å²) in [5.41, 5.74) is 5.48. The van der Waals surface area contributed by atoms with Gasteiger partial charge in [0.15, 0.2) is 0 Å². The van der Waals surface area contributed by atoms with Gasteiger partial charge < -0.3 is 31.1 Å². The number of piperazine rings is 1. The Balaban J connectivity index is 1.90. The van der Waals surface area contributed by atoms with Gasteiger partial charge in [-0.25, -0.2) is 13.6 Å². The van der Waals surface area contributed by atoms with Crippen molar-refractivity contribution in [2.75, 3.05) is 31.5 Å². The average Bonchev–Trinajstić information content (AvgIpc) is 2.66. The molecule has 1 aromatic rings. The smallest absolute Gasteiger partial charge is 0.471 e. The molecule has 2 atom stereocenters. The Morgan fingerprint density at radius 3 is 2.25 bits per heavy atom. The summed E-state index contributed by atoms with van der Waals surface area (Å²) in [6, 6.07) is 2.24. The van der Waals surface area contributed by atoms with Crippen LogP contribution in [-0.4, -0.2) is 81.7 Å². The number of nitrogens with two attached hydrogens (primary N) is 1. The quantitative estimate of drug-likeness (QED) is 0.264. The van der Waals surface area contributed by atoms with Crippen molar-refractivity contribution in [3.8, 4) is 0 Å². The highest BCUT2D eigenvalue weighted by Gasteiger charge is 2.43. The zero-order chi connectivity index (χ0) is 23.9. The third-order valence-electron chi connectivity index (χ3n) is 5.67. The number of anilines is 1. The van der Waals surface area contributed by atoms with Crippen molar-refractivity contribution in [3.05, 3.63) is 29.8 Å². The van der Waals surface area contributed by atoms with Gasteiger partial charge in [-0.05, 0) is 31.9 Å². The molecule has 0 spiro atoms. The summed E-state index contributed by atoms with van der Waals surface area (Å²) in [7, 11) is -1.69. The van der Waals surface area contributed by atoms with Crippen LogP contribution in [0.5, 0.6) is 0 Å². The van der Waals surface area contributed by atoms with Crippen molar-refractivity contribution < 1.29 is 33.5 Å². The number of halogens is 2. The Morgan fingerprint density at radius 2 is 1.72 bits per heavy atom. The molecule has 6 N–H and O–H groups in total. The largest absolute Gasteiger partial charge is 0.481 e. The van der Waals surface area contributed by atoms with Crippen LogP contribution in [-0.2, 0) is 4.79 Å². The molecule has 1 saturated heterocycles. The van der Waals surface area contributed by atoms with Crippen molar-refractivity contribution in [1.82, 2.24) is 9.80 Å². The molecule has 0 aromatic heterocycles. The van der Waals surface area contributed by atoms with E-state index in [-0.39, 0.29) is 25.2 Å². The van der Waals surface area contributed by atoms with Crippen LogP contribution in [0, 0.1) is 11.6 Å². The van der Waals surface area contributed by atoms with E-state index >= 15 is 0 Å². The third kappa shape index (κ3) is 7.70. The van der Waals surface area contributed by atoms with Crippen molar-refractivity contribution in [2.45, 2.75) is 50.5 Å². The molecule has 178 valence electrons. The first-order chi connectivity index (χ1) is 15.0. The average molecular weight is 456 g/mol. The predicted octanol–water partition coefficient (Wildman–Crippen LogP) is 1.25. The van der Waals surface area contributed by atoms with E-state index in [1.165, 1.54) is 4.90 Å². The van der Waals surface area contributed by atoms with Crippen LogP contribution in [0.4, 0.5) is 19.3 Å². The molecule has 9 nitrogen and oxygen atoms in total. The van der Waals surface area contributed by atoms with Gasteiger partial charge >= 0.3 is 19.1 Å². The molecule has 1 aromatic carbocycles. The molecule has 1 fully saturated rings. The van der Waals surface area contributed by atoms with Crippen LogP contribution in [0.25, 0.3) is 0 Å². The van der Waals surface area contributed by atoms with Gasteiger partial charge in [-0.1, -0.05) is 12.8 Å². The highest BCUT2D eigenvalue weighted by atomic mass is 19.1. The second kappa shape index (κ2) is 11.5. The number of carbonyl (C=O) groups excluding carboxylic acids is 1. The van der Waals surface area contributed by atoms with Crippen LogP contribution in [0.3, 0.4) is 0 Å². The van der Waals surface area contributed by atoms with E-state index in [1.807, 2.05) is 4.90 Å². The normalized spacial score (nSPS) is 17.5. The molecular weight excluding hydrogens is 425 g/mol.